The van der Waals surface area contributed by atoms with E-state index in [0.29, 0.717) is 25.5 Å². The molecule has 1 amide bonds. The van der Waals surface area contributed by atoms with Crippen molar-refractivity contribution in [1.82, 2.24) is 10.6 Å². The number of amides is 1. The Morgan fingerprint density at radius 1 is 0.976 bits per heavy atom. The molecule has 5 rings (SSSR count). The lowest BCUT2D eigenvalue weighted by Crippen LogP contribution is -2.29. The largest absolute Gasteiger partial charge is 0.494 e. The summed E-state index contributed by atoms with van der Waals surface area (Å²) in [6, 6.07) is 19.7. The highest BCUT2D eigenvalue weighted by molar-refractivity contribution is 7.99. The lowest BCUT2D eigenvalue weighted by Gasteiger charge is -2.24. The minimum absolute atomic E-state index is 0.197. The number of benzene rings is 3. The Labute approximate surface area is 253 Å². The third-order valence-corrected chi connectivity index (χ3v) is 10.2. The zero-order valence-electron chi connectivity index (χ0n) is 24.4. The number of fused-ring (bicyclic) bond motifs is 2. The van der Waals surface area contributed by atoms with Crippen molar-refractivity contribution in [2.45, 2.75) is 69.6 Å². The van der Waals surface area contributed by atoms with Crippen LogP contribution in [0.3, 0.4) is 0 Å². The van der Waals surface area contributed by atoms with Crippen LogP contribution in [0.25, 0.3) is 20.9 Å². The van der Waals surface area contributed by atoms with Crippen molar-refractivity contribution in [1.29, 1.82) is 0 Å². The molecule has 4 aromatic rings. The van der Waals surface area contributed by atoms with Crippen LogP contribution in [0, 0.1) is 5.92 Å². The molecule has 0 spiro atoms. The van der Waals surface area contributed by atoms with Crippen molar-refractivity contribution in [3.05, 3.63) is 71.1 Å². The second-order valence-electron chi connectivity index (χ2n) is 11.2. The van der Waals surface area contributed by atoms with Crippen LogP contribution in [-0.4, -0.2) is 37.9 Å². The maximum Gasteiger partial charge on any atom is 0.220 e. The standard InChI is InChI=1S/C35H44N2O2S2/c1-2-3-17-36-18-15-29-25-41-34-14-13-31(24-33(29)34)40-21-6-20-39-30-12-11-27-9-5-10-28(32(27)23-30)16-19-37-35(38)22-26-7-4-8-26/h5,9-14,23-26,36H,2-4,6-8,15-22H2,1H3,(H,37,38). The minimum Gasteiger partial charge on any atom is -0.494 e. The van der Waals surface area contributed by atoms with E-state index in [0.717, 1.165) is 43.9 Å². The summed E-state index contributed by atoms with van der Waals surface area (Å²) >= 11 is 3.77. The predicted molar refractivity (Wildman–Crippen MR) is 177 cm³/mol. The number of thiophene rings is 1. The lowest BCUT2D eigenvalue weighted by atomic mass is 9.83. The predicted octanol–water partition coefficient (Wildman–Crippen LogP) is 8.40. The summed E-state index contributed by atoms with van der Waals surface area (Å²) in [7, 11) is 0. The van der Waals surface area contributed by atoms with Gasteiger partial charge in [0, 0.05) is 28.3 Å². The third kappa shape index (κ3) is 8.73. The number of unbranched alkanes of at least 4 members (excludes halogenated alkanes) is 1. The van der Waals surface area contributed by atoms with Gasteiger partial charge in [0.15, 0.2) is 0 Å². The SMILES string of the molecule is CCCCNCCc1csc2ccc(SCCCOc3ccc4cccc(CCNC(=O)CC5CCC5)c4c3)cc12. The van der Waals surface area contributed by atoms with E-state index in [9.17, 15) is 4.79 Å². The van der Waals surface area contributed by atoms with Gasteiger partial charge in [-0.25, -0.2) is 0 Å². The van der Waals surface area contributed by atoms with Crippen molar-refractivity contribution < 1.29 is 9.53 Å². The lowest BCUT2D eigenvalue weighted by molar-refractivity contribution is -0.122. The first-order valence-corrected chi connectivity index (χ1v) is 17.3. The van der Waals surface area contributed by atoms with Gasteiger partial charge in [-0.2, -0.15) is 0 Å². The van der Waals surface area contributed by atoms with Gasteiger partial charge in [-0.1, -0.05) is 44.0 Å². The summed E-state index contributed by atoms with van der Waals surface area (Å²) in [5.74, 6) is 2.75. The highest BCUT2D eigenvalue weighted by Gasteiger charge is 2.20. The fourth-order valence-electron chi connectivity index (χ4n) is 5.43. The van der Waals surface area contributed by atoms with Gasteiger partial charge in [0.1, 0.15) is 5.75 Å². The highest BCUT2D eigenvalue weighted by atomic mass is 32.2. The van der Waals surface area contributed by atoms with Gasteiger partial charge in [0.2, 0.25) is 5.91 Å². The Morgan fingerprint density at radius 3 is 2.73 bits per heavy atom. The topological polar surface area (TPSA) is 50.4 Å². The smallest absolute Gasteiger partial charge is 0.220 e. The van der Waals surface area contributed by atoms with Gasteiger partial charge in [-0.15, -0.1) is 23.1 Å². The molecule has 1 saturated carbocycles. The molecular formula is C35H44N2O2S2. The molecule has 41 heavy (non-hydrogen) atoms. The summed E-state index contributed by atoms with van der Waals surface area (Å²) in [4.78, 5) is 13.5. The Hall–Kier alpha value is -2.54. The zero-order chi connectivity index (χ0) is 28.3. The second kappa shape index (κ2) is 15.6. The molecular weight excluding hydrogens is 545 g/mol. The van der Waals surface area contributed by atoms with Gasteiger partial charge in [0.25, 0.3) is 0 Å². The Balaban J connectivity index is 1.07. The number of hydrogen-bond acceptors (Lipinski definition) is 5. The molecule has 0 unspecified atom stereocenters. The summed E-state index contributed by atoms with van der Waals surface area (Å²) in [6.45, 7) is 5.78. The van der Waals surface area contributed by atoms with Crippen molar-refractivity contribution in [3.8, 4) is 5.75 Å². The fourth-order valence-corrected chi connectivity index (χ4v) is 7.27. The molecule has 6 heteroatoms. The van der Waals surface area contributed by atoms with E-state index in [1.165, 1.54) is 69.0 Å². The number of carbonyl (C=O) groups excluding carboxylic acids is 1. The van der Waals surface area contributed by atoms with E-state index < -0.39 is 0 Å². The molecule has 0 aliphatic heterocycles. The van der Waals surface area contributed by atoms with E-state index in [1.54, 1.807) is 0 Å². The quantitative estimate of drug-likeness (QED) is 0.0961. The molecule has 1 aliphatic carbocycles. The molecule has 1 aromatic heterocycles. The number of carbonyl (C=O) groups is 1. The number of hydrogen-bond donors (Lipinski definition) is 2. The molecule has 0 radical (unpaired) electrons. The van der Waals surface area contributed by atoms with E-state index in [1.807, 2.05) is 23.1 Å². The normalized spacial score (nSPS) is 13.5. The van der Waals surface area contributed by atoms with Crippen molar-refractivity contribution in [3.63, 3.8) is 0 Å². The van der Waals surface area contributed by atoms with Gasteiger partial charge in [-0.3, -0.25) is 4.79 Å². The molecule has 3 aromatic carbocycles. The minimum atomic E-state index is 0.197. The van der Waals surface area contributed by atoms with Crippen LogP contribution >= 0.6 is 23.1 Å². The van der Waals surface area contributed by atoms with Crippen molar-refractivity contribution in [2.24, 2.45) is 5.92 Å². The molecule has 0 saturated heterocycles. The van der Waals surface area contributed by atoms with Crippen LogP contribution < -0.4 is 15.4 Å². The monoisotopic (exact) mass is 588 g/mol. The maximum atomic E-state index is 12.2. The zero-order valence-corrected chi connectivity index (χ0v) is 26.0. The van der Waals surface area contributed by atoms with Crippen LogP contribution in [0.15, 0.2) is 64.9 Å². The second-order valence-corrected chi connectivity index (χ2v) is 13.3. The van der Waals surface area contributed by atoms with Crippen LogP contribution in [-0.2, 0) is 17.6 Å². The summed E-state index contributed by atoms with van der Waals surface area (Å²) in [5.41, 5.74) is 2.72. The molecule has 2 N–H and O–H groups in total. The first-order chi connectivity index (χ1) is 20.2. The number of ether oxygens (including phenoxy) is 1. The number of rotatable bonds is 17. The van der Waals surface area contributed by atoms with Crippen molar-refractivity contribution >= 4 is 49.9 Å². The van der Waals surface area contributed by atoms with Gasteiger partial charge >= 0.3 is 0 Å². The van der Waals surface area contributed by atoms with Crippen LogP contribution in [0.5, 0.6) is 5.75 Å². The highest BCUT2D eigenvalue weighted by Crippen LogP contribution is 2.32. The van der Waals surface area contributed by atoms with E-state index in [-0.39, 0.29) is 5.91 Å². The van der Waals surface area contributed by atoms with Gasteiger partial charge in [0.05, 0.1) is 6.61 Å². The average molecular weight is 589 g/mol. The van der Waals surface area contributed by atoms with Crippen molar-refractivity contribution in [2.75, 3.05) is 32.0 Å². The number of nitrogens with one attached hydrogen (secondary N) is 2. The van der Waals surface area contributed by atoms with E-state index in [2.05, 4.69) is 77.5 Å². The van der Waals surface area contributed by atoms with Gasteiger partial charge < -0.3 is 15.4 Å². The van der Waals surface area contributed by atoms with E-state index in [4.69, 9.17) is 4.74 Å². The first-order valence-electron chi connectivity index (χ1n) is 15.4. The summed E-state index contributed by atoms with van der Waals surface area (Å²) < 4.78 is 7.56. The maximum absolute atomic E-state index is 12.2. The van der Waals surface area contributed by atoms with E-state index >= 15 is 0 Å². The molecule has 0 bridgehead atoms. The Morgan fingerprint density at radius 2 is 1.88 bits per heavy atom. The molecule has 218 valence electrons. The number of thioether (sulfide) groups is 1. The molecule has 1 fully saturated rings. The molecule has 4 nitrogen and oxygen atoms in total. The molecule has 1 aliphatic rings. The van der Waals surface area contributed by atoms with Gasteiger partial charge in [-0.05, 0) is 121 Å². The summed E-state index contributed by atoms with van der Waals surface area (Å²) in [6.07, 6.45) is 9.79. The summed E-state index contributed by atoms with van der Waals surface area (Å²) in [5, 5.41) is 12.9. The molecule has 0 atom stereocenters. The first kappa shape index (κ1) is 29.9. The third-order valence-electron chi connectivity index (χ3n) is 8.09. The Kier molecular flexibility index (Phi) is 11.4. The fraction of sp³-hybridized carbons (Fsp3) is 0.457. The molecule has 1 heterocycles. The Bertz CT molecular complexity index is 1410. The van der Waals surface area contributed by atoms with Crippen LogP contribution in [0.1, 0.15) is 63.0 Å². The van der Waals surface area contributed by atoms with Crippen LogP contribution in [0.4, 0.5) is 0 Å². The average Bonchev–Trinajstić information content (AvgIpc) is 3.37. The van der Waals surface area contributed by atoms with Crippen LogP contribution in [0.2, 0.25) is 0 Å².